The predicted molar refractivity (Wildman–Crippen MR) is 90.7 cm³/mol. The third-order valence-electron chi connectivity index (χ3n) is 4.32. The van der Waals surface area contributed by atoms with Crippen LogP contribution in [0.1, 0.15) is 37.6 Å². The minimum absolute atomic E-state index is 0.368. The molecule has 0 saturated carbocycles. The minimum atomic E-state index is 0.368. The van der Waals surface area contributed by atoms with Crippen molar-refractivity contribution in [3.05, 3.63) is 34.7 Å². The summed E-state index contributed by atoms with van der Waals surface area (Å²) < 4.78 is 11.1. The Morgan fingerprint density at radius 1 is 1.27 bits per heavy atom. The average molecular weight is 317 g/mol. The van der Waals surface area contributed by atoms with E-state index in [4.69, 9.17) is 14.5 Å². The molecule has 0 aliphatic carbocycles. The molecule has 4 heteroatoms. The van der Waals surface area contributed by atoms with Gasteiger partial charge in [-0.1, -0.05) is 13.8 Å². The second-order valence-corrected chi connectivity index (χ2v) is 7.06. The Morgan fingerprint density at radius 2 is 2.05 bits per heavy atom. The van der Waals surface area contributed by atoms with Crippen LogP contribution in [-0.4, -0.2) is 24.8 Å². The smallest absolute Gasteiger partial charge is 0.118 e. The van der Waals surface area contributed by atoms with Crippen molar-refractivity contribution in [1.29, 1.82) is 0 Å². The second-order valence-electron chi connectivity index (χ2n) is 6.17. The number of thiazole rings is 1. The predicted octanol–water partition coefficient (Wildman–Crippen LogP) is 4.74. The highest BCUT2D eigenvalue weighted by molar-refractivity contribution is 7.10. The summed E-state index contributed by atoms with van der Waals surface area (Å²) in [6, 6.07) is 8.10. The van der Waals surface area contributed by atoms with Crippen molar-refractivity contribution in [1.82, 2.24) is 4.98 Å². The zero-order chi connectivity index (χ0) is 15.5. The van der Waals surface area contributed by atoms with Gasteiger partial charge in [-0.15, -0.1) is 11.3 Å². The maximum absolute atomic E-state index is 5.87. The molecule has 0 N–H and O–H groups in total. The van der Waals surface area contributed by atoms with Crippen LogP contribution in [0.3, 0.4) is 0 Å². The molecule has 0 spiro atoms. The summed E-state index contributed by atoms with van der Waals surface area (Å²) in [6.45, 7) is 5.32. The maximum atomic E-state index is 5.87. The summed E-state index contributed by atoms with van der Waals surface area (Å²) >= 11 is 1.78. The van der Waals surface area contributed by atoms with E-state index in [2.05, 4.69) is 31.4 Å². The Bertz CT molecular complexity index is 606. The molecule has 0 amide bonds. The zero-order valence-electron chi connectivity index (χ0n) is 13.4. The van der Waals surface area contributed by atoms with Crippen LogP contribution in [-0.2, 0) is 4.74 Å². The van der Waals surface area contributed by atoms with Crippen LogP contribution in [0.15, 0.2) is 29.6 Å². The first kappa shape index (κ1) is 15.5. The second kappa shape index (κ2) is 6.80. The Morgan fingerprint density at radius 3 is 2.73 bits per heavy atom. The van der Waals surface area contributed by atoms with Crippen molar-refractivity contribution >= 4 is 11.3 Å². The lowest BCUT2D eigenvalue weighted by molar-refractivity contribution is -0.0201. The number of hydrogen-bond donors (Lipinski definition) is 0. The number of aromatic nitrogens is 1. The fourth-order valence-corrected chi connectivity index (χ4v) is 3.87. The third-order valence-corrected chi connectivity index (χ3v) is 5.32. The van der Waals surface area contributed by atoms with Gasteiger partial charge in [-0.2, -0.15) is 0 Å². The summed E-state index contributed by atoms with van der Waals surface area (Å²) in [5.74, 6) is 1.99. The van der Waals surface area contributed by atoms with E-state index >= 15 is 0 Å². The van der Waals surface area contributed by atoms with Gasteiger partial charge >= 0.3 is 0 Å². The Labute approximate surface area is 136 Å². The number of nitrogens with zero attached hydrogens (tertiary/aromatic N) is 1. The van der Waals surface area contributed by atoms with Crippen LogP contribution in [0.5, 0.6) is 5.75 Å². The van der Waals surface area contributed by atoms with Gasteiger partial charge in [0.05, 0.1) is 23.9 Å². The first-order valence-corrected chi connectivity index (χ1v) is 8.76. The lowest BCUT2D eigenvalue weighted by atomic mass is 9.91. The molecule has 0 unspecified atom stereocenters. The van der Waals surface area contributed by atoms with Gasteiger partial charge in [0.25, 0.3) is 0 Å². The molecule has 3 rings (SSSR count). The molecular weight excluding hydrogens is 294 g/mol. The molecule has 1 saturated heterocycles. The fourth-order valence-electron chi connectivity index (χ4n) is 2.89. The van der Waals surface area contributed by atoms with Gasteiger partial charge in [0.2, 0.25) is 0 Å². The quantitative estimate of drug-likeness (QED) is 0.816. The van der Waals surface area contributed by atoms with Gasteiger partial charge in [-0.25, -0.2) is 4.98 Å². The van der Waals surface area contributed by atoms with Gasteiger partial charge in [0.1, 0.15) is 5.75 Å². The van der Waals surface area contributed by atoms with Gasteiger partial charge in [-0.3, -0.25) is 0 Å². The van der Waals surface area contributed by atoms with Gasteiger partial charge in [-0.05, 0) is 43.0 Å². The van der Waals surface area contributed by atoms with Crippen LogP contribution in [0.4, 0.5) is 0 Å². The van der Waals surface area contributed by atoms with E-state index < -0.39 is 0 Å². The largest absolute Gasteiger partial charge is 0.497 e. The van der Waals surface area contributed by atoms with Gasteiger partial charge in [0.15, 0.2) is 0 Å². The topological polar surface area (TPSA) is 31.4 Å². The van der Waals surface area contributed by atoms with Gasteiger partial charge in [0, 0.05) is 23.5 Å². The van der Waals surface area contributed by atoms with Crippen molar-refractivity contribution in [3.8, 4) is 17.0 Å². The van der Waals surface area contributed by atoms with Crippen molar-refractivity contribution in [3.63, 3.8) is 0 Å². The highest BCUT2D eigenvalue weighted by atomic mass is 32.1. The first-order valence-electron chi connectivity index (χ1n) is 7.89. The van der Waals surface area contributed by atoms with E-state index in [9.17, 15) is 0 Å². The standard InChI is InChI=1S/C18H23NO2S/c1-12(2)17-10-14(8-9-21-17)18-19-16(11-22-18)13-4-6-15(20-3)7-5-13/h4-7,11-12,14,17H,8-10H2,1-3H3/t14-,17+/m1/s1. The van der Waals surface area contributed by atoms with E-state index in [1.54, 1.807) is 18.4 Å². The molecule has 0 bridgehead atoms. The van der Waals surface area contributed by atoms with E-state index in [1.807, 2.05) is 12.1 Å². The van der Waals surface area contributed by atoms with Crippen molar-refractivity contribution in [2.45, 2.75) is 38.7 Å². The molecule has 1 aromatic carbocycles. The van der Waals surface area contributed by atoms with Crippen molar-refractivity contribution in [2.24, 2.45) is 5.92 Å². The SMILES string of the molecule is COc1ccc(-c2csc([C@@H]3CCO[C@H](C(C)C)C3)n2)cc1. The lowest BCUT2D eigenvalue weighted by Gasteiger charge is -2.30. The van der Waals surface area contributed by atoms with E-state index in [0.717, 1.165) is 36.5 Å². The Balaban J connectivity index is 1.75. The lowest BCUT2D eigenvalue weighted by Crippen LogP contribution is -2.28. The summed E-state index contributed by atoms with van der Waals surface area (Å²) in [7, 11) is 1.69. The molecule has 1 aliphatic rings. The molecule has 1 aliphatic heterocycles. The first-order chi connectivity index (χ1) is 10.7. The van der Waals surface area contributed by atoms with Crippen molar-refractivity contribution < 1.29 is 9.47 Å². The minimum Gasteiger partial charge on any atom is -0.497 e. The monoisotopic (exact) mass is 317 g/mol. The number of ether oxygens (including phenoxy) is 2. The summed E-state index contributed by atoms with van der Waals surface area (Å²) in [5.41, 5.74) is 2.21. The highest BCUT2D eigenvalue weighted by Gasteiger charge is 2.27. The van der Waals surface area contributed by atoms with Crippen LogP contribution >= 0.6 is 11.3 Å². The molecule has 2 aromatic rings. The van der Waals surface area contributed by atoms with Crippen LogP contribution < -0.4 is 4.74 Å². The van der Waals surface area contributed by atoms with E-state index in [0.29, 0.717) is 17.9 Å². The molecule has 1 fully saturated rings. The normalized spacial score (nSPS) is 22.0. The molecule has 1 aromatic heterocycles. The molecular formula is C18H23NO2S. The molecule has 2 atom stereocenters. The van der Waals surface area contributed by atoms with E-state index in [-0.39, 0.29) is 0 Å². The zero-order valence-corrected chi connectivity index (χ0v) is 14.2. The molecule has 3 nitrogen and oxygen atoms in total. The number of rotatable bonds is 4. The number of benzene rings is 1. The number of hydrogen-bond acceptors (Lipinski definition) is 4. The molecule has 2 heterocycles. The fraction of sp³-hybridized carbons (Fsp3) is 0.500. The van der Waals surface area contributed by atoms with Gasteiger partial charge < -0.3 is 9.47 Å². The molecule has 118 valence electrons. The highest BCUT2D eigenvalue weighted by Crippen LogP contribution is 2.36. The van der Waals surface area contributed by atoms with E-state index in [1.165, 1.54) is 5.01 Å². The molecule has 0 radical (unpaired) electrons. The van der Waals surface area contributed by atoms with Crippen LogP contribution in [0.2, 0.25) is 0 Å². The maximum Gasteiger partial charge on any atom is 0.118 e. The Kier molecular flexibility index (Phi) is 4.79. The third kappa shape index (κ3) is 3.33. The Hall–Kier alpha value is -1.39. The summed E-state index contributed by atoms with van der Waals surface area (Å²) in [5, 5.41) is 3.41. The molecule has 22 heavy (non-hydrogen) atoms. The van der Waals surface area contributed by atoms with Crippen LogP contribution in [0, 0.1) is 5.92 Å². The van der Waals surface area contributed by atoms with Crippen LogP contribution in [0.25, 0.3) is 11.3 Å². The van der Waals surface area contributed by atoms with Crippen molar-refractivity contribution in [2.75, 3.05) is 13.7 Å². The number of methoxy groups -OCH3 is 1. The summed E-state index contributed by atoms with van der Waals surface area (Å²) in [6.07, 6.45) is 2.54. The summed E-state index contributed by atoms with van der Waals surface area (Å²) in [4.78, 5) is 4.88. The average Bonchev–Trinajstić information content (AvgIpc) is 3.05.